The lowest BCUT2D eigenvalue weighted by Gasteiger charge is -2.23. The SMILES string of the molecule is Cc1cc(C2CC[N]CC2)cc(C)c1C. The molecule has 0 unspecified atom stereocenters. The van der Waals surface area contributed by atoms with Gasteiger partial charge in [-0.3, -0.25) is 0 Å². The largest absolute Gasteiger partial charge is 0.242 e. The molecule has 1 aliphatic rings. The summed E-state index contributed by atoms with van der Waals surface area (Å²) >= 11 is 0. The molecule has 0 amide bonds. The first-order valence-corrected chi connectivity index (χ1v) is 5.89. The Hall–Kier alpha value is -0.820. The van der Waals surface area contributed by atoms with Gasteiger partial charge in [0.15, 0.2) is 0 Å². The Morgan fingerprint density at radius 2 is 1.53 bits per heavy atom. The van der Waals surface area contributed by atoms with E-state index in [1.54, 1.807) is 0 Å². The first-order valence-electron chi connectivity index (χ1n) is 5.89. The van der Waals surface area contributed by atoms with Crippen molar-refractivity contribution in [1.82, 2.24) is 5.32 Å². The van der Waals surface area contributed by atoms with Gasteiger partial charge in [0.1, 0.15) is 0 Å². The third kappa shape index (κ3) is 2.23. The van der Waals surface area contributed by atoms with Crippen molar-refractivity contribution in [3.63, 3.8) is 0 Å². The molecular formula is C14H20N. The van der Waals surface area contributed by atoms with Crippen LogP contribution in [0.25, 0.3) is 0 Å². The van der Waals surface area contributed by atoms with Gasteiger partial charge in [0.25, 0.3) is 0 Å². The van der Waals surface area contributed by atoms with Crippen LogP contribution in [0.4, 0.5) is 0 Å². The molecule has 1 fully saturated rings. The lowest BCUT2D eigenvalue weighted by molar-refractivity contribution is 0.453. The van der Waals surface area contributed by atoms with E-state index in [1.165, 1.54) is 35.1 Å². The van der Waals surface area contributed by atoms with Crippen molar-refractivity contribution in [2.24, 2.45) is 0 Å². The minimum absolute atomic E-state index is 0.750. The Balaban J connectivity index is 2.27. The van der Waals surface area contributed by atoms with Crippen molar-refractivity contribution in [2.75, 3.05) is 13.1 Å². The molecule has 1 heterocycles. The molecule has 15 heavy (non-hydrogen) atoms. The fourth-order valence-electron chi connectivity index (χ4n) is 2.39. The van der Waals surface area contributed by atoms with Crippen LogP contribution in [0.1, 0.15) is 41.0 Å². The van der Waals surface area contributed by atoms with E-state index in [1.807, 2.05) is 0 Å². The maximum absolute atomic E-state index is 4.42. The van der Waals surface area contributed by atoms with Gasteiger partial charge in [-0.15, -0.1) is 0 Å². The Kier molecular flexibility index (Phi) is 3.11. The van der Waals surface area contributed by atoms with Crippen LogP contribution in [0.5, 0.6) is 0 Å². The van der Waals surface area contributed by atoms with Crippen LogP contribution in [0, 0.1) is 20.8 Å². The van der Waals surface area contributed by atoms with E-state index in [-0.39, 0.29) is 0 Å². The van der Waals surface area contributed by atoms with Crippen molar-refractivity contribution in [1.29, 1.82) is 0 Å². The number of nitrogens with zero attached hydrogens (tertiary/aromatic N) is 1. The minimum Gasteiger partial charge on any atom is -0.242 e. The molecule has 0 spiro atoms. The van der Waals surface area contributed by atoms with Crippen molar-refractivity contribution in [2.45, 2.75) is 39.5 Å². The molecule has 1 heteroatoms. The van der Waals surface area contributed by atoms with Gasteiger partial charge in [0.2, 0.25) is 0 Å². The number of piperidine rings is 1. The molecule has 1 aromatic rings. The highest BCUT2D eigenvalue weighted by Crippen LogP contribution is 2.28. The predicted molar refractivity (Wildman–Crippen MR) is 64.5 cm³/mol. The zero-order valence-electron chi connectivity index (χ0n) is 10.0. The molecule has 0 N–H and O–H groups in total. The van der Waals surface area contributed by atoms with Crippen LogP contribution >= 0.6 is 0 Å². The van der Waals surface area contributed by atoms with E-state index in [2.05, 4.69) is 38.2 Å². The third-order valence-corrected chi connectivity index (χ3v) is 3.69. The highest BCUT2D eigenvalue weighted by Gasteiger charge is 2.16. The summed E-state index contributed by atoms with van der Waals surface area (Å²) in [5.74, 6) is 0.750. The first kappa shape index (κ1) is 10.7. The van der Waals surface area contributed by atoms with Gasteiger partial charge in [-0.05, 0) is 61.8 Å². The van der Waals surface area contributed by atoms with E-state index in [4.69, 9.17) is 0 Å². The van der Waals surface area contributed by atoms with Crippen LogP contribution in [-0.4, -0.2) is 13.1 Å². The van der Waals surface area contributed by atoms with Gasteiger partial charge in [0, 0.05) is 13.1 Å². The number of hydrogen-bond donors (Lipinski definition) is 0. The number of benzene rings is 1. The lowest BCUT2D eigenvalue weighted by Crippen LogP contribution is -2.21. The molecule has 1 aliphatic heterocycles. The molecule has 0 atom stereocenters. The summed E-state index contributed by atoms with van der Waals surface area (Å²) in [6.45, 7) is 8.76. The molecule has 1 nitrogen and oxygen atoms in total. The van der Waals surface area contributed by atoms with Crippen molar-refractivity contribution >= 4 is 0 Å². The summed E-state index contributed by atoms with van der Waals surface area (Å²) in [7, 11) is 0. The normalized spacial score (nSPS) is 18.1. The maximum atomic E-state index is 4.42. The van der Waals surface area contributed by atoms with E-state index in [9.17, 15) is 0 Å². The van der Waals surface area contributed by atoms with Gasteiger partial charge in [0.05, 0.1) is 0 Å². The quantitative estimate of drug-likeness (QED) is 0.664. The number of aryl methyl sites for hydroxylation is 2. The van der Waals surface area contributed by atoms with Crippen molar-refractivity contribution in [3.05, 3.63) is 34.4 Å². The van der Waals surface area contributed by atoms with E-state index < -0.39 is 0 Å². The predicted octanol–water partition coefficient (Wildman–Crippen LogP) is 3.09. The highest BCUT2D eigenvalue weighted by atomic mass is 14.9. The van der Waals surface area contributed by atoms with Crippen LogP contribution in [-0.2, 0) is 0 Å². The standard InChI is InChI=1S/C14H20N/c1-10-8-14(9-11(2)12(10)3)13-4-6-15-7-5-13/h8-9,13H,4-7H2,1-3H3. The van der Waals surface area contributed by atoms with E-state index in [0.717, 1.165) is 19.0 Å². The molecule has 2 rings (SSSR count). The number of hydrogen-bond acceptors (Lipinski definition) is 0. The van der Waals surface area contributed by atoms with Crippen LogP contribution < -0.4 is 5.32 Å². The Labute approximate surface area is 92.9 Å². The summed E-state index contributed by atoms with van der Waals surface area (Å²) in [5.41, 5.74) is 5.85. The van der Waals surface area contributed by atoms with Gasteiger partial charge in [-0.25, -0.2) is 5.32 Å². The molecular weight excluding hydrogens is 182 g/mol. The monoisotopic (exact) mass is 202 g/mol. The van der Waals surface area contributed by atoms with Crippen molar-refractivity contribution < 1.29 is 0 Å². The lowest BCUT2D eigenvalue weighted by atomic mass is 9.87. The fourth-order valence-corrected chi connectivity index (χ4v) is 2.39. The van der Waals surface area contributed by atoms with Crippen LogP contribution in [0.15, 0.2) is 12.1 Å². The molecule has 0 saturated carbocycles. The summed E-state index contributed by atoms with van der Waals surface area (Å²) in [6, 6.07) is 4.75. The summed E-state index contributed by atoms with van der Waals surface area (Å²) in [5, 5.41) is 4.42. The second kappa shape index (κ2) is 4.36. The third-order valence-electron chi connectivity index (χ3n) is 3.69. The fraction of sp³-hybridized carbons (Fsp3) is 0.571. The molecule has 0 bridgehead atoms. The average Bonchev–Trinajstić information content (AvgIpc) is 2.26. The molecule has 1 radical (unpaired) electrons. The van der Waals surface area contributed by atoms with Crippen LogP contribution in [0.2, 0.25) is 0 Å². The average molecular weight is 202 g/mol. The smallest absolute Gasteiger partial charge is 0.0139 e. The van der Waals surface area contributed by atoms with Gasteiger partial charge >= 0.3 is 0 Å². The Morgan fingerprint density at radius 3 is 2.07 bits per heavy atom. The topological polar surface area (TPSA) is 14.1 Å². The Morgan fingerprint density at radius 1 is 1.00 bits per heavy atom. The summed E-state index contributed by atoms with van der Waals surface area (Å²) in [4.78, 5) is 0. The highest BCUT2D eigenvalue weighted by molar-refractivity contribution is 5.38. The first-order chi connectivity index (χ1) is 7.18. The van der Waals surface area contributed by atoms with Gasteiger partial charge in [-0.2, -0.15) is 0 Å². The van der Waals surface area contributed by atoms with Gasteiger partial charge in [-0.1, -0.05) is 12.1 Å². The molecule has 0 aliphatic carbocycles. The second-order valence-electron chi connectivity index (χ2n) is 4.72. The summed E-state index contributed by atoms with van der Waals surface area (Å²) in [6.07, 6.45) is 2.48. The number of rotatable bonds is 1. The molecule has 0 aromatic heterocycles. The van der Waals surface area contributed by atoms with E-state index >= 15 is 0 Å². The zero-order chi connectivity index (χ0) is 10.8. The Bertz CT molecular complexity index is 325. The summed E-state index contributed by atoms with van der Waals surface area (Å²) < 4.78 is 0. The molecule has 81 valence electrons. The van der Waals surface area contributed by atoms with E-state index in [0.29, 0.717) is 0 Å². The zero-order valence-corrected chi connectivity index (χ0v) is 10.0. The van der Waals surface area contributed by atoms with Gasteiger partial charge < -0.3 is 0 Å². The maximum Gasteiger partial charge on any atom is 0.0139 e. The second-order valence-corrected chi connectivity index (χ2v) is 4.72. The molecule has 1 saturated heterocycles. The molecule has 1 aromatic carbocycles. The minimum atomic E-state index is 0.750. The van der Waals surface area contributed by atoms with Crippen molar-refractivity contribution in [3.8, 4) is 0 Å². The van der Waals surface area contributed by atoms with Crippen LogP contribution in [0.3, 0.4) is 0 Å².